The standard InChI is InChI=1S/C30H26ClF2N3O5/c1-29(25-23(32)4-3-5-24(25)33,28(39)36-30(17-34)12-14-41-15-13-30)35-26(37)19-8-6-18(7-9-19)21-16-20(27(38)40-2)10-11-22(21)31/h3-11,16H,12-15H2,1-2H3,(H,35,37)(H,36,39)/t29-/m0/s1. The Bertz CT molecular complexity index is 1510. The van der Waals surface area contributed by atoms with E-state index in [4.69, 9.17) is 21.1 Å². The largest absolute Gasteiger partial charge is 0.465 e. The van der Waals surface area contributed by atoms with Crippen molar-refractivity contribution in [2.24, 2.45) is 0 Å². The Morgan fingerprint density at radius 3 is 2.22 bits per heavy atom. The maximum atomic E-state index is 15.0. The second kappa shape index (κ2) is 12.0. The molecule has 41 heavy (non-hydrogen) atoms. The Hall–Kier alpha value is -4.33. The smallest absolute Gasteiger partial charge is 0.337 e. The van der Waals surface area contributed by atoms with Crippen LogP contribution < -0.4 is 10.6 Å². The lowest BCUT2D eigenvalue weighted by Gasteiger charge is -2.37. The van der Waals surface area contributed by atoms with E-state index in [0.717, 1.165) is 18.2 Å². The summed E-state index contributed by atoms with van der Waals surface area (Å²) in [6.07, 6.45) is 0.334. The fourth-order valence-corrected chi connectivity index (χ4v) is 4.85. The third kappa shape index (κ3) is 6.06. The molecule has 0 saturated carbocycles. The van der Waals surface area contributed by atoms with Gasteiger partial charge in [0, 0.05) is 42.2 Å². The molecule has 1 fully saturated rings. The van der Waals surface area contributed by atoms with Gasteiger partial charge in [0.15, 0.2) is 0 Å². The average Bonchev–Trinajstić information content (AvgIpc) is 2.97. The summed E-state index contributed by atoms with van der Waals surface area (Å²) in [7, 11) is 1.26. The molecule has 2 N–H and O–H groups in total. The SMILES string of the molecule is COC(=O)c1ccc(Cl)c(-c2ccc(C(=O)N[C@](C)(C(=O)NC3(C#N)CCOCC3)c3c(F)cccc3F)cc2)c1. The van der Waals surface area contributed by atoms with Crippen molar-refractivity contribution in [1.82, 2.24) is 10.6 Å². The molecule has 3 aromatic carbocycles. The van der Waals surface area contributed by atoms with Gasteiger partial charge in [-0.2, -0.15) is 5.26 Å². The van der Waals surface area contributed by atoms with E-state index in [1.54, 1.807) is 24.3 Å². The molecule has 3 aromatic rings. The van der Waals surface area contributed by atoms with Crippen LogP contribution in [0.1, 0.15) is 46.0 Å². The third-order valence-electron chi connectivity index (χ3n) is 7.04. The molecular weight excluding hydrogens is 556 g/mol. The second-order valence-corrected chi connectivity index (χ2v) is 10.1. The predicted octanol–water partition coefficient (Wildman–Crippen LogP) is 4.91. The molecule has 0 spiro atoms. The Morgan fingerprint density at radius 1 is 1.02 bits per heavy atom. The van der Waals surface area contributed by atoms with E-state index in [-0.39, 0.29) is 37.2 Å². The molecular formula is C30H26ClF2N3O5. The molecule has 4 rings (SSSR count). The lowest BCUT2D eigenvalue weighted by molar-refractivity contribution is -0.129. The first-order valence-electron chi connectivity index (χ1n) is 12.6. The number of halogens is 3. The van der Waals surface area contributed by atoms with Crippen LogP contribution in [0.3, 0.4) is 0 Å². The van der Waals surface area contributed by atoms with Gasteiger partial charge in [0.25, 0.3) is 11.8 Å². The van der Waals surface area contributed by atoms with Crippen molar-refractivity contribution in [2.45, 2.75) is 30.8 Å². The number of amides is 2. The number of methoxy groups -OCH3 is 1. The Balaban J connectivity index is 1.67. The number of carbonyl (C=O) groups excluding carboxylic acids is 3. The number of nitrogens with one attached hydrogen (secondary N) is 2. The first-order chi connectivity index (χ1) is 19.5. The third-order valence-corrected chi connectivity index (χ3v) is 7.37. The number of rotatable bonds is 7. The van der Waals surface area contributed by atoms with E-state index in [0.29, 0.717) is 16.1 Å². The van der Waals surface area contributed by atoms with Crippen LogP contribution in [0, 0.1) is 23.0 Å². The summed E-state index contributed by atoms with van der Waals surface area (Å²) in [5.74, 6) is -4.39. The van der Waals surface area contributed by atoms with Crippen LogP contribution in [-0.2, 0) is 19.8 Å². The van der Waals surface area contributed by atoms with E-state index < -0.39 is 46.1 Å². The van der Waals surface area contributed by atoms with Gasteiger partial charge in [-0.05, 0) is 55.0 Å². The average molecular weight is 582 g/mol. The second-order valence-electron chi connectivity index (χ2n) is 9.70. The van der Waals surface area contributed by atoms with Crippen LogP contribution in [0.25, 0.3) is 11.1 Å². The van der Waals surface area contributed by atoms with Crippen LogP contribution in [0.5, 0.6) is 0 Å². The molecule has 0 radical (unpaired) electrons. The molecule has 1 atom stereocenters. The first-order valence-corrected chi connectivity index (χ1v) is 13.0. The molecule has 1 heterocycles. The Morgan fingerprint density at radius 2 is 1.63 bits per heavy atom. The van der Waals surface area contributed by atoms with Crippen LogP contribution in [0.2, 0.25) is 5.02 Å². The molecule has 8 nitrogen and oxygen atoms in total. The van der Waals surface area contributed by atoms with Crippen molar-refractivity contribution < 1.29 is 32.6 Å². The molecule has 2 amide bonds. The van der Waals surface area contributed by atoms with E-state index in [9.17, 15) is 19.6 Å². The highest BCUT2D eigenvalue weighted by Crippen LogP contribution is 2.32. The number of benzene rings is 3. The maximum absolute atomic E-state index is 15.0. The molecule has 0 aromatic heterocycles. The Kier molecular flexibility index (Phi) is 8.71. The van der Waals surface area contributed by atoms with Crippen LogP contribution in [0.15, 0.2) is 60.7 Å². The topological polar surface area (TPSA) is 118 Å². The minimum Gasteiger partial charge on any atom is -0.465 e. The van der Waals surface area contributed by atoms with Gasteiger partial charge in [-0.3, -0.25) is 9.59 Å². The number of ether oxygens (including phenoxy) is 2. The van der Waals surface area contributed by atoms with E-state index in [2.05, 4.69) is 16.7 Å². The van der Waals surface area contributed by atoms with Crippen LogP contribution >= 0.6 is 11.6 Å². The first kappa shape index (κ1) is 29.6. The summed E-state index contributed by atoms with van der Waals surface area (Å²) in [6, 6.07) is 15.8. The fourth-order valence-electron chi connectivity index (χ4n) is 4.63. The number of carbonyl (C=O) groups is 3. The summed E-state index contributed by atoms with van der Waals surface area (Å²) in [5.41, 5.74) is -2.79. The minimum absolute atomic E-state index is 0.0748. The molecule has 1 aliphatic heterocycles. The summed E-state index contributed by atoms with van der Waals surface area (Å²) in [5, 5.41) is 15.3. The zero-order valence-electron chi connectivity index (χ0n) is 22.2. The van der Waals surface area contributed by atoms with Gasteiger partial charge in [0.05, 0.1) is 24.3 Å². The lowest BCUT2D eigenvalue weighted by atomic mass is 9.85. The molecule has 0 bridgehead atoms. The monoisotopic (exact) mass is 581 g/mol. The van der Waals surface area contributed by atoms with Gasteiger partial charge in [-0.1, -0.05) is 29.8 Å². The quantitative estimate of drug-likeness (QED) is 0.383. The van der Waals surface area contributed by atoms with Gasteiger partial charge in [-0.25, -0.2) is 13.6 Å². The van der Waals surface area contributed by atoms with Crippen molar-refractivity contribution in [3.05, 3.63) is 94.0 Å². The molecule has 0 unspecified atom stereocenters. The zero-order chi connectivity index (χ0) is 29.8. The van der Waals surface area contributed by atoms with Crippen molar-refractivity contribution >= 4 is 29.4 Å². The summed E-state index contributed by atoms with van der Waals surface area (Å²) >= 11 is 6.33. The predicted molar refractivity (Wildman–Crippen MR) is 146 cm³/mol. The summed E-state index contributed by atoms with van der Waals surface area (Å²) < 4.78 is 40.1. The summed E-state index contributed by atoms with van der Waals surface area (Å²) in [6.45, 7) is 1.60. The van der Waals surface area contributed by atoms with Gasteiger partial charge in [-0.15, -0.1) is 0 Å². The van der Waals surface area contributed by atoms with E-state index in [1.165, 1.54) is 32.2 Å². The van der Waals surface area contributed by atoms with Crippen LogP contribution in [0.4, 0.5) is 8.78 Å². The highest BCUT2D eigenvalue weighted by atomic mass is 35.5. The number of nitrogens with zero attached hydrogens (tertiary/aromatic N) is 1. The molecule has 1 saturated heterocycles. The van der Waals surface area contributed by atoms with E-state index in [1.807, 2.05) is 0 Å². The number of nitriles is 1. The van der Waals surface area contributed by atoms with Gasteiger partial charge < -0.3 is 20.1 Å². The highest BCUT2D eigenvalue weighted by molar-refractivity contribution is 6.33. The van der Waals surface area contributed by atoms with Crippen LogP contribution in [-0.4, -0.2) is 43.6 Å². The highest BCUT2D eigenvalue weighted by Gasteiger charge is 2.45. The normalized spacial score (nSPS) is 15.6. The molecule has 212 valence electrons. The number of hydrogen-bond acceptors (Lipinski definition) is 6. The van der Waals surface area contributed by atoms with Crippen molar-refractivity contribution in [3.8, 4) is 17.2 Å². The van der Waals surface area contributed by atoms with Gasteiger partial charge in [0.1, 0.15) is 22.7 Å². The van der Waals surface area contributed by atoms with Crippen molar-refractivity contribution in [3.63, 3.8) is 0 Å². The fraction of sp³-hybridized carbons (Fsp3) is 0.267. The van der Waals surface area contributed by atoms with E-state index >= 15 is 8.78 Å². The van der Waals surface area contributed by atoms with Crippen molar-refractivity contribution in [1.29, 1.82) is 5.26 Å². The molecule has 0 aliphatic carbocycles. The number of hydrogen-bond donors (Lipinski definition) is 2. The van der Waals surface area contributed by atoms with Crippen molar-refractivity contribution in [2.75, 3.05) is 20.3 Å². The zero-order valence-corrected chi connectivity index (χ0v) is 23.0. The number of esters is 1. The maximum Gasteiger partial charge on any atom is 0.337 e. The molecule has 11 heteroatoms. The van der Waals surface area contributed by atoms with Gasteiger partial charge >= 0.3 is 5.97 Å². The molecule has 1 aliphatic rings. The van der Waals surface area contributed by atoms with Gasteiger partial charge in [0.2, 0.25) is 0 Å². The summed E-state index contributed by atoms with van der Waals surface area (Å²) in [4.78, 5) is 39.0. The lowest BCUT2D eigenvalue weighted by Crippen LogP contribution is -2.61. The Labute approximate surface area is 240 Å². The minimum atomic E-state index is -2.23.